The molecule has 0 unspecified atom stereocenters. The van der Waals surface area contributed by atoms with Crippen LogP contribution in [0.15, 0.2) is 22.7 Å². The number of fused-ring (bicyclic) bond motifs is 1. The van der Waals surface area contributed by atoms with Crippen LogP contribution >= 0.6 is 15.9 Å². The van der Waals surface area contributed by atoms with E-state index in [0.29, 0.717) is 0 Å². The first kappa shape index (κ1) is 9.33. The molecule has 1 aromatic carbocycles. The topological polar surface area (TPSA) is 30.7 Å². The van der Waals surface area contributed by atoms with Crippen molar-refractivity contribution in [3.8, 4) is 0 Å². The molecule has 1 aliphatic rings. The zero-order valence-corrected chi connectivity index (χ0v) is 9.94. The fourth-order valence-corrected chi connectivity index (χ4v) is 2.27. The minimum absolute atomic E-state index is 0.941. The molecule has 1 heterocycles. The number of rotatable bonds is 3. The fourth-order valence-electron chi connectivity index (χ4n) is 1.83. The SMILES string of the molecule is Brc1cccc2c1nnn2CCC1CC1. The zero-order chi connectivity index (χ0) is 10.3. The lowest BCUT2D eigenvalue weighted by Gasteiger charge is -2.00. The van der Waals surface area contributed by atoms with Crippen LogP contribution in [0.4, 0.5) is 0 Å². The molecular weight excluding hydrogens is 254 g/mol. The van der Waals surface area contributed by atoms with Crippen molar-refractivity contribution in [2.24, 2.45) is 5.92 Å². The van der Waals surface area contributed by atoms with E-state index < -0.39 is 0 Å². The molecule has 0 aliphatic heterocycles. The van der Waals surface area contributed by atoms with Gasteiger partial charge in [-0.2, -0.15) is 0 Å². The predicted octanol–water partition coefficient (Wildman–Crippen LogP) is 2.99. The average molecular weight is 266 g/mol. The first-order valence-electron chi connectivity index (χ1n) is 5.32. The summed E-state index contributed by atoms with van der Waals surface area (Å²) in [6, 6.07) is 6.11. The molecule has 1 aliphatic carbocycles. The largest absolute Gasteiger partial charge is 0.245 e. The molecule has 1 aromatic heterocycles. The number of halogens is 1. The van der Waals surface area contributed by atoms with Crippen LogP contribution in [-0.4, -0.2) is 15.0 Å². The summed E-state index contributed by atoms with van der Waals surface area (Å²) in [5, 5.41) is 8.38. The summed E-state index contributed by atoms with van der Waals surface area (Å²) in [4.78, 5) is 0. The standard InChI is InChI=1S/C11H12BrN3/c12-9-2-1-3-10-11(9)13-14-15(10)7-6-8-4-5-8/h1-3,8H,4-7H2. The highest BCUT2D eigenvalue weighted by atomic mass is 79.9. The minimum atomic E-state index is 0.941. The van der Waals surface area contributed by atoms with E-state index in [4.69, 9.17) is 0 Å². The smallest absolute Gasteiger partial charge is 0.127 e. The molecule has 3 nitrogen and oxygen atoms in total. The average Bonchev–Trinajstić information content (AvgIpc) is 2.97. The van der Waals surface area contributed by atoms with Crippen molar-refractivity contribution >= 4 is 27.0 Å². The maximum Gasteiger partial charge on any atom is 0.127 e. The number of aryl methyl sites for hydroxylation is 1. The van der Waals surface area contributed by atoms with Gasteiger partial charge in [0, 0.05) is 11.0 Å². The van der Waals surface area contributed by atoms with E-state index in [9.17, 15) is 0 Å². The minimum Gasteiger partial charge on any atom is -0.245 e. The molecule has 2 aromatic rings. The summed E-state index contributed by atoms with van der Waals surface area (Å²) in [7, 11) is 0. The van der Waals surface area contributed by atoms with Crippen molar-refractivity contribution in [2.45, 2.75) is 25.8 Å². The molecule has 1 fully saturated rings. The molecule has 0 spiro atoms. The van der Waals surface area contributed by atoms with Gasteiger partial charge in [0.2, 0.25) is 0 Å². The van der Waals surface area contributed by atoms with Crippen LogP contribution < -0.4 is 0 Å². The van der Waals surface area contributed by atoms with E-state index in [0.717, 1.165) is 28.0 Å². The molecule has 0 amide bonds. The van der Waals surface area contributed by atoms with Crippen LogP contribution in [0.5, 0.6) is 0 Å². The Morgan fingerprint density at radius 3 is 3.07 bits per heavy atom. The van der Waals surface area contributed by atoms with Crippen LogP contribution in [0.3, 0.4) is 0 Å². The van der Waals surface area contributed by atoms with Gasteiger partial charge in [0.15, 0.2) is 0 Å². The van der Waals surface area contributed by atoms with E-state index in [-0.39, 0.29) is 0 Å². The molecule has 0 radical (unpaired) electrons. The Bertz CT molecular complexity index is 488. The van der Waals surface area contributed by atoms with Crippen LogP contribution in [0.1, 0.15) is 19.3 Å². The van der Waals surface area contributed by atoms with E-state index in [1.807, 2.05) is 16.8 Å². The van der Waals surface area contributed by atoms with Gasteiger partial charge < -0.3 is 0 Å². The lowest BCUT2D eigenvalue weighted by molar-refractivity contribution is 0.544. The van der Waals surface area contributed by atoms with Crippen molar-refractivity contribution in [2.75, 3.05) is 0 Å². The normalized spacial score (nSPS) is 16.1. The van der Waals surface area contributed by atoms with Gasteiger partial charge >= 0.3 is 0 Å². The number of aromatic nitrogens is 3. The van der Waals surface area contributed by atoms with E-state index in [2.05, 4.69) is 32.3 Å². The second-order valence-corrected chi connectivity index (χ2v) is 5.01. The fraction of sp³-hybridized carbons (Fsp3) is 0.455. The highest BCUT2D eigenvalue weighted by Crippen LogP contribution is 2.33. The van der Waals surface area contributed by atoms with Gasteiger partial charge in [-0.15, -0.1) is 5.10 Å². The van der Waals surface area contributed by atoms with Gasteiger partial charge in [-0.3, -0.25) is 0 Å². The summed E-state index contributed by atoms with van der Waals surface area (Å²) in [6.07, 6.45) is 4.04. The van der Waals surface area contributed by atoms with Crippen LogP contribution in [0.2, 0.25) is 0 Å². The molecule has 15 heavy (non-hydrogen) atoms. The summed E-state index contributed by atoms with van der Waals surface area (Å²) >= 11 is 3.49. The molecule has 3 rings (SSSR count). The quantitative estimate of drug-likeness (QED) is 0.855. The summed E-state index contributed by atoms with van der Waals surface area (Å²) < 4.78 is 3.04. The molecule has 0 atom stereocenters. The summed E-state index contributed by atoms with van der Waals surface area (Å²) in [5.41, 5.74) is 2.10. The molecular formula is C11H12BrN3. The first-order chi connectivity index (χ1) is 7.34. The van der Waals surface area contributed by atoms with Crippen molar-refractivity contribution in [1.29, 1.82) is 0 Å². The van der Waals surface area contributed by atoms with Gasteiger partial charge in [-0.25, -0.2) is 4.68 Å². The Balaban J connectivity index is 1.92. The van der Waals surface area contributed by atoms with Crippen LogP contribution in [0.25, 0.3) is 11.0 Å². The second kappa shape index (κ2) is 3.59. The summed E-state index contributed by atoms with van der Waals surface area (Å²) in [6.45, 7) is 0.998. The van der Waals surface area contributed by atoms with Crippen molar-refractivity contribution in [1.82, 2.24) is 15.0 Å². The number of nitrogens with zero attached hydrogens (tertiary/aromatic N) is 3. The van der Waals surface area contributed by atoms with E-state index in [1.165, 1.54) is 19.3 Å². The highest BCUT2D eigenvalue weighted by molar-refractivity contribution is 9.10. The Hall–Kier alpha value is -0.900. The van der Waals surface area contributed by atoms with Crippen LogP contribution in [0, 0.1) is 5.92 Å². The Morgan fingerprint density at radius 1 is 1.40 bits per heavy atom. The molecule has 78 valence electrons. The maximum atomic E-state index is 4.19. The van der Waals surface area contributed by atoms with Crippen molar-refractivity contribution in [3.63, 3.8) is 0 Å². The maximum absolute atomic E-state index is 4.19. The molecule has 0 saturated heterocycles. The van der Waals surface area contributed by atoms with Crippen molar-refractivity contribution in [3.05, 3.63) is 22.7 Å². The first-order valence-corrected chi connectivity index (χ1v) is 6.11. The van der Waals surface area contributed by atoms with Gasteiger partial charge in [0.1, 0.15) is 5.52 Å². The Labute approximate surface area is 96.6 Å². The third kappa shape index (κ3) is 1.78. The molecule has 4 heteroatoms. The van der Waals surface area contributed by atoms with Gasteiger partial charge in [0.25, 0.3) is 0 Å². The second-order valence-electron chi connectivity index (χ2n) is 4.15. The van der Waals surface area contributed by atoms with Crippen LogP contribution in [-0.2, 0) is 6.54 Å². The molecule has 0 bridgehead atoms. The monoisotopic (exact) mass is 265 g/mol. The molecule has 1 saturated carbocycles. The van der Waals surface area contributed by atoms with E-state index in [1.54, 1.807) is 0 Å². The number of benzene rings is 1. The Morgan fingerprint density at radius 2 is 2.27 bits per heavy atom. The van der Waals surface area contributed by atoms with Gasteiger partial charge in [0.05, 0.1) is 5.52 Å². The third-order valence-corrected chi connectivity index (χ3v) is 3.58. The highest BCUT2D eigenvalue weighted by Gasteiger charge is 2.21. The van der Waals surface area contributed by atoms with Gasteiger partial charge in [-0.1, -0.05) is 24.1 Å². The molecule has 0 N–H and O–H groups in total. The third-order valence-electron chi connectivity index (χ3n) is 2.94. The summed E-state index contributed by atoms with van der Waals surface area (Å²) in [5.74, 6) is 0.941. The van der Waals surface area contributed by atoms with Crippen molar-refractivity contribution < 1.29 is 0 Å². The predicted molar refractivity (Wildman–Crippen MR) is 62.6 cm³/mol. The lowest BCUT2D eigenvalue weighted by Crippen LogP contribution is -2.00. The van der Waals surface area contributed by atoms with Gasteiger partial charge in [-0.05, 0) is 40.4 Å². The zero-order valence-electron chi connectivity index (χ0n) is 8.36. The Kier molecular flexibility index (Phi) is 2.24. The number of hydrogen-bond acceptors (Lipinski definition) is 2. The number of hydrogen-bond donors (Lipinski definition) is 0. The lowest BCUT2D eigenvalue weighted by atomic mass is 10.3. The van der Waals surface area contributed by atoms with E-state index >= 15 is 0 Å².